The molecule has 0 atom stereocenters. The molecule has 1 aromatic heterocycles. The number of halogens is 2. The van der Waals surface area contributed by atoms with Crippen LogP contribution in [0.1, 0.15) is 22.9 Å². The number of nitrogens with zero attached hydrogens (tertiary/aromatic N) is 1. The normalized spacial score (nSPS) is 10.1. The summed E-state index contributed by atoms with van der Waals surface area (Å²) in [6.07, 6.45) is 0.762. The van der Waals surface area contributed by atoms with Crippen LogP contribution in [0.15, 0.2) is 22.8 Å². The van der Waals surface area contributed by atoms with Crippen LogP contribution in [0.25, 0.3) is 0 Å². The third-order valence-electron chi connectivity index (χ3n) is 1.73. The van der Waals surface area contributed by atoms with Crippen LogP contribution >= 0.6 is 11.8 Å². The van der Waals surface area contributed by atoms with Gasteiger partial charge < -0.3 is 9.15 Å². The van der Waals surface area contributed by atoms with Crippen LogP contribution in [0.2, 0.25) is 0 Å². The molecule has 1 heterocycles. The summed E-state index contributed by atoms with van der Waals surface area (Å²) < 4.78 is 32.9. The Labute approximate surface area is 101 Å². The highest BCUT2D eigenvalue weighted by molar-refractivity contribution is 7.98. The number of carbonyl (C=O) groups excluding carboxylic acids is 1. The predicted molar refractivity (Wildman–Crippen MR) is 58.9 cm³/mol. The topological polar surface area (TPSA) is 52.3 Å². The van der Waals surface area contributed by atoms with Crippen LogP contribution in [-0.4, -0.2) is 23.8 Å². The molecule has 0 aliphatic carbocycles. The SMILES string of the molecule is COC(=O)c1cnc(CSCCC=C(F)F)o1. The lowest BCUT2D eigenvalue weighted by Gasteiger charge is -1.95. The Morgan fingerprint density at radius 2 is 2.41 bits per heavy atom. The zero-order chi connectivity index (χ0) is 12.7. The highest BCUT2D eigenvalue weighted by atomic mass is 32.2. The van der Waals surface area contributed by atoms with Gasteiger partial charge in [-0.25, -0.2) is 9.78 Å². The molecule has 1 aromatic rings. The molecular weight excluding hydrogens is 252 g/mol. The van der Waals surface area contributed by atoms with E-state index in [2.05, 4.69) is 9.72 Å². The molecule has 0 N–H and O–H groups in total. The average molecular weight is 263 g/mol. The molecule has 0 fully saturated rings. The highest BCUT2D eigenvalue weighted by Crippen LogP contribution is 2.14. The van der Waals surface area contributed by atoms with E-state index in [-0.39, 0.29) is 12.2 Å². The molecule has 0 saturated heterocycles. The van der Waals surface area contributed by atoms with Crippen molar-refractivity contribution < 1.29 is 22.7 Å². The molecule has 0 saturated carbocycles. The van der Waals surface area contributed by atoms with E-state index in [9.17, 15) is 13.6 Å². The lowest BCUT2D eigenvalue weighted by molar-refractivity contribution is 0.0563. The molecule has 17 heavy (non-hydrogen) atoms. The van der Waals surface area contributed by atoms with Crippen LogP contribution in [0.4, 0.5) is 8.78 Å². The van der Waals surface area contributed by atoms with Gasteiger partial charge in [-0.1, -0.05) is 0 Å². The van der Waals surface area contributed by atoms with Gasteiger partial charge in [0, 0.05) is 0 Å². The van der Waals surface area contributed by atoms with E-state index < -0.39 is 12.0 Å². The summed E-state index contributed by atoms with van der Waals surface area (Å²) in [7, 11) is 1.25. The van der Waals surface area contributed by atoms with Crippen molar-refractivity contribution in [2.45, 2.75) is 12.2 Å². The molecule has 7 heteroatoms. The smallest absolute Gasteiger partial charge is 0.375 e. The van der Waals surface area contributed by atoms with Crippen molar-refractivity contribution in [2.75, 3.05) is 12.9 Å². The summed E-state index contributed by atoms with van der Waals surface area (Å²) in [6.45, 7) is 0. The van der Waals surface area contributed by atoms with E-state index in [1.54, 1.807) is 0 Å². The average Bonchev–Trinajstić information content (AvgIpc) is 2.76. The largest absolute Gasteiger partial charge is 0.463 e. The van der Waals surface area contributed by atoms with Crippen molar-refractivity contribution >= 4 is 17.7 Å². The minimum absolute atomic E-state index is 0.0396. The third-order valence-corrected chi connectivity index (χ3v) is 2.70. The molecule has 0 bridgehead atoms. The van der Waals surface area contributed by atoms with Gasteiger partial charge in [-0.2, -0.15) is 20.5 Å². The van der Waals surface area contributed by atoms with Gasteiger partial charge in [0.05, 0.1) is 19.1 Å². The number of methoxy groups -OCH3 is 1. The first kappa shape index (κ1) is 13.7. The molecule has 0 aliphatic rings. The number of ether oxygens (including phenoxy) is 1. The minimum Gasteiger partial charge on any atom is -0.463 e. The van der Waals surface area contributed by atoms with Crippen LogP contribution in [0, 0.1) is 0 Å². The lowest BCUT2D eigenvalue weighted by Crippen LogP contribution is -1.98. The Hall–Kier alpha value is -1.37. The van der Waals surface area contributed by atoms with E-state index >= 15 is 0 Å². The lowest BCUT2D eigenvalue weighted by atomic mass is 10.5. The van der Waals surface area contributed by atoms with Crippen LogP contribution in [-0.2, 0) is 10.5 Å². The number of oxazole rings is 1. The van der Waals surface area contributed by atoms with E-state index in [0.717, 1.165) is 6.08 Å². The number of thioether (sulfide) groups is 1. The molecule has 94 valence electrons. The highest BCUT2D eigenvalue weighted by Gasteiger charge is 2.11. The molecule has 0 spiro atoms. The van der Waals surface area contributed by atoms with Gasteiger partial charge in [0.15, 0.2) is 0 Å². The summed E-state index contributed by atoms with van der Waals surface area (Å²) >= 11 is 1.39. The van der Waals surface area contributed by atoms with Crippen LogP contribution in [0.5, 0.6) is 0 Å². The van der Waals surface area contributed by atoms with E-state index in [1.807, 2.05) is 0 Å². The summed E-state index contributed by atoms with van der Waals surface area (Å²) in [5, 5.41) is 0. The molecule has 4 nitrogen and oxygen atoms in total. The van der Waals surface area contributed by atoms with Crippen molar-refractivity contribution in [3.05, 3.63) is 30.0 Å². The van der Waals surface area contributed by atoms with E-state index in [0.29, 0.717) is 17.4 Å². The fourth-order valence-corrected chi connectivity index (χ4v) is 1.72. The quantitative estimate of drug-likeness (QED) is 0.583. The Balaban J connectivity index is 2.30. The second-order valence-electron chi connectivity index (χ2n) is 2.94. The number of rotatable bonds is 6. The number of allylic oxidation sites excluding steroid dienone is 1. The molecule has 0 radical (unpaired) electrons. The Morgan fingerprint density at radius 3 is 3.06 bits per heavy atom. The minimum atomic E-state index is -1.67. The summed E-state index contributed by atoms with van der Waals surface area (Å²) in [4.78, 5) is 14.9. The summed E-state index contributed by atoms with van der Waals surface area (Å²) in [5.41, 5.74) is 0. The maximum atomic E-state index is 11.7. The number of carbonyl (C=O) groups is 1. The second kappa shape index (κ2) is 7.05. The zero-order valence-electron chi connectivity index (χ0n) is 9.11. The maximum Gasteiger partial charge on any atom is 0.375 e. The predicted octanol–water partition coefficient (Wildman–Crippen LogP) is 2.86. The monoisotopic (exact) mass is 263 g/mol. The van der Waals surface area contributed by atoms with Gasteiger partial charge in [0.25, 0.3) is 6.08 Å². The number of hydrogen-bond acceptors (Lipinski definition) is 5. The van der Waals surface area contributed by atoms with E-state index in [4.69, 9.17) is 4.42 Å². The number of aromatic nitrogens is 1. The van der Waals surface area contributed by atoms with Gasteiger partial charge in [-0.05, 0) is 18.2 Å². The molecule has 0 aromatic carbocycles. The first-order valence-electron chi connectivity index (χ1n) is 4.75. The fourth-order valence-electron chi connectivity index (χ4n) is 0.983. The Kier molecular flexibility index (Phi) is 5.68. The summed E-state index contributed by atoms with van der Waals surface area (Å²) in [6, 6.07) is 0. The van der Waals surface area contributed by atoms with Gasteiger partial charge in [-0.3, -0.25) is 0 Å². The van der Waals surface area contributed by atoms with Crippen molar-refractivity contribution in [3.8, 4) is 0 Å². The van der Waals surface area contributed by atoms with Crippen LogP contribution in [0.3, 0.4) is 0 Å². The van der Waals surface area contributed by atoms with E-state index in [1.165, 1.54) is 25.1 Å². The third kappa shape index (κ3) is 4.99. The fraction of sp³-hybridized carbons (Fsp3) is 0.400. The Bertz CT molecular complexity index is 402. The van der Waals surface area contributed by atoms with Crippen molar-refractivity contribution in [3.63, 3.8) is 0 Å². The molecule has 1 rings (SSSR count). The molecule has 0 aliphatic heterocycles. The van der Waals surface area contributed by atoms with Crippen LogP contribution < -0.4 is 0 Å². The van der Waals surface area contributed by atoms with Crippen molar-refractivity contribution in [1.29, 1.82) is 0 Å². The molecular formula is C10H11F2NO3S. The molecule has 0 unspecified atom stereocenters. The molecule has 0 amide bonds. The number of hydrogen-bond donors (Lipinski definition) is 0. The second-order valence-corrected chi connectivity index (χ2v) is 4.05. The Morgan fingerprint density at radius 1 is 1.65 bits per heavy atom. The van der Waals surface area contributed by atoms with Crippen molar-refractivity contribution in [2.24, 2.45) is 0 Å². The first-order valence-corrected chi connectivity index (χ1v) is 5.91. The van der Waals surface area contributed by atoms with Crippen molar-refractivity contribution in [1.82, 2.24) is 4.98 Å². The number of esters is 1. The van der Waals surface area contributed by atoms with Gasteiger partial charge in [0.2, 0.25) is 11.7 Å². The maximum absolute atomic E-state index is 11.7. The van der Waals surface area contributed by atoms with Gasteiger partial charge in [0.1, 0.15) is 0 Å². The zero-order valence-corrected chi connectivity index (χ0v) is 9.93. The summed E-state index contributed by atoms with van der Waals surface area (Å²) in [5.74, 6) is 0.792. The standard InChI is InChI=1S/C10H11F2NO3S/c1-15-10(14)7-5-13-9(16-7)6-17-4-2-3-8(11)12/h3,5H,2,4,6H2,1H3. The van der Waals surface area contributed by atoms with Gasteiger partial charge >= 0.3 is 5.97 Å². The van der Waals surface area contributed by atoms with Gasteiger partial charge in [-0.15, -0.1) is 0 Å². The first-order chi connectivity index (χ1) is 8.13.